The van der Waals surface area contributed by atoms with E-state index in [0.29, 0.717) is 0 Å². The van der Waals surface area contributed by atoms with Crippen molar-refractivity contribution in [1.29, 1.82) is 0 Å². The third-order valence-corrected chi connectivity index (χ3v) is 3.51. The number of aliphatic carboxylic acids is 1. The van der Waals surface area contributed by atoms with Crippen molar-refractivity contribution in [1.82, 2.24) is 0 Å². The molecule has 0 aliphatic heterocycles. The van der Waals surface area contributed by atoms with Crippen LogP contribution in [0.25, 0.3) is 11.1 Å². The number of carbonyl (C=O) groups is 1. The number of unbranched alkanes of at least 4 members (excludes halogenated alkanes) is 2. The van der Waals surface area contributed by atoms with Crippen LogP contribution in [0.15, 0.2) is 49.1 Å². The van der Waals surface area contributed by atoms with E-state index in [1.807, 2.05) is 24.0 Å². The first-order valence-corrected chi connectivity index (χ1v) is 7.32. The van der Waals surface area contributed by atoms with E-state index in [1.165, 1.54) is 11.1 Å². The lowest BCUT2D eigenvalue weighted by atomic mass is 10.1. The maximum absolute atomic E-state index is 10.4. The highest BCUT2D eigenvalue weighted by molar-refractivity contribution is 5.66. The Hall–Kier alpha value is -2.23. The van der Waals surface area contributed by atoms with Gasteiger partial charge in [-0.15, -0.1) is 0 Å². The number of rotatable bonds is 7. The van der Waals surface area contributed by atoms with Gasteiger partial charge >= 0.3 is 5.97 Å². The number of hydrogen-bond acceptors (Lipinski definition) is 1. The van der Waals surface area contributed by atoms with Crippen LogP contribution >= 0.6 is 0 Å². The Morgan fingerprint density at radius 2 is 1.52 bits per heavy atom. The van der Waals surface area contributed by atoms with Crippen LogP contribution in [0.1, 0.15) is 25.7 Å². The van der Waals surface area contributed by atoms with Crippen LogP contribution in [0.5, 0.6) is 0 Å². The second-order valence-corrected chi connectivity index (χ2v) is 5.28. The Labute approximate surface area is 125 Å². The zero-order valence-corrected chi connectivity index (χ0v) is 12.4. The predicted octanol–water partition coefficient (Wildman–Crippen LogP) is 2.11. The summed E-state index contributed by atoms with van der Waals surface area (Å²) in [6.07, 6.45) is 11.2. The first-order chi connectivity index (χ1) is 10.1. The van der Waals surface area contributed by atoms with Crippen LogP contribution in [0.4, 0.5) is 0 Å². The van der Waals surface area contributed by atoms with Crippen molar-refractivity contribution in [3.05, 3.63) is 49.1 Å². The zero-order chi connectivity index (χ0) is 15.1. The van der Waals surface area contributed by atoms with E-state index in [0.717, 1.165) is 25.8 Å². The third kappa shape index (κ3) is 4.99. The summed E-state index contributed by atoms with van der Waals surface area (Å²) in [7, 11) is 2.01. The van der Waals surface area contributed by atoms with Crippen LogP contribution in [0.3, 0.4) is 0 Å². The smallest absolute Gasteiger partial charge is 0.303 e. The standard InChI is InChI=1S/C17H21N2O2/c1-18-11-6-15(7-12-18)16-8-13-19(14-9-16)10-4-2-3-5-17(20)21/h6-9,11-14H,2-5,10H2,1H3/q+1/p+1. The second kappa shape index (κ2) is 7.53. The Balaban J connectivity index is 1.84. The third-order valence-electron chi connectivity index (χ3n) is 3.51. The van der Waals surface area contributed by atoms with E-state index >= 15 is 0 Å². The molecule has 0 aliphatic carbocycles. The minimum absolute atomic E-state index is 0.273. The molecule has 2 aromatic rings. The minimum Gasteiger partial charge on any atom is -0.481 e. The van der Waals surface area contributed by atoms with Crippen molar-refractivity contribution in [3.63, 3.8) is 0 Å². The lowest BCUT2D eigenvalue weighted by Crippen LogP contribution is -2.32. The highest BCUT2D eigenvalue weighted by Crippen LogP contribution is 2.15. The van der Waals surface area contributed by atoms with Crippen LogP contribution in [-0.4, -0.2) is 11.1 Å². The molecule has 4 heteroatoms. The van der Waals surface area contributed by atoms with Gasteiger partial charge in [-0.1, -0.05) is 0 Å². The summed E-state index contributed by atoms with van der Waals surface area (Å²) in [5, 5.41) is 8.58. The number of carboxylic acid groups (broad SMARTS) is 1. The summed E-state index contributed by atoms with van der Waals surface area (Å²) in [5.74, 6) is -0.705. The summed E-state index contributed by atoms with van der Waals surface area (Å²) in [6.45, 7) is 0.934. The number of aromatic nitrogens is 2. The highest BCUT2D eigenvalue weighted by atomic mass is 16.4. The molecule has 1 N–H and O–H groups in total. The normalized spacial score (nSPS) is 10.5. The van der Waals surface area contributed by atoms with Gasteiger partial charge in [-0.2, -0.15) is 0 Å². The van der Waals surface area contributed by atoms with Crippen LogP contribution < -0.4 is 9.13 Å². The van der Waals surface area contributed by atoms with Crippen LogP contribution in [-0.2, 0) is 18.4 Å². The quantitative estimate of drug-likeness (QED) is 0.626. The molecule has 2 rings (SSSR count). The van der Waals surface area contributed by atoms with Gasteiger partial charge in [0.15, 0.2) is 24.8 Å². The molecule has 0 amide bonds. The van der Waals surface area contributed by atoms with E-state index in [-0.39, 0.29) is 6.42 Å². The van der Waals surface area contributed by atoms with Crippen molar-refractivity contribution < 1.29 is 19.0 Å². The molecule has 0 saturated carbocycles. The Bertz CT molecular complexity index is 577. The van der Waals surface area contributed by atoms with E-state index in [9.17, 15) is 4.79 Å². The van der Waals surface area contributed by atoms with Gasteiger partial charge in [-0.05, 0) is 24.0 Å². The molecule has 4 nitrogen and oxygen atoms in total. The largest absolute Gasteiger partial charge is 0.481 e. The average molecular weight is 286 g/mol. The summed E-state index contributed by atoms with van der Waals surface area (Å²) in [4.78, 5) is 10.4. The molecule has 110 valence electrons. The predicted molar refractivity (Wildman–Crippen MR) is 79.4 cm³/mol. The maximum Gasteiger partial charge on any atom is 0.303 e. The fourth-order valence-corrected chi connectivity index (χ4v) is 2.24. The Morgan fingerprint density at radius 3 is 2.10 bits per heavy atom. The minimum atomic E-state index is -0.705. The summed E-state index contributed by atoms with van der Waals surface area (Å²) in [5.41, 5.74) is 2.42. The molecular weight excluding hydrogens is 264 g/mol. The lowest BCUT2D eigenvalue weighted by Gasteiger charge is -2.01. The van der Waals surface area contributed by atoms with E-state index < -0.39 is 5.97 Å². The van der Waals surface area contributed by atoms with E-state index in [1.54, 1.807) is 0 Å². The Kier molecular flexibility index (Phi) is 5.43. The molecule has 2 heterocycles. The number of pyridine rings is 2. The summed E-state index contributed by atoms with van der Waals surface area (Å²) >= 11 is 0. The fourth-order valence-electron chi connectivity index (χ4n) is 2.24. The molecule has 2 aromatic heterocycles. The van der Waals surface area contributed by atoms with Gasteiger partial charge in [0.1, 0.15) is 13.6 Å². The van der Waals surface area contributed by atoms with Gasteiger partial charge in [0, 0.05) is 37.1 Å². The first-order valence-electron chi connectivity index (χ1n) is 7.32. The van der Waals surface area contributed by atoms with Gasteiger partial charge in [-0.3, -0.25) is 4.79 Å². The number of nitrogens with zero attached hydrogens (tertiary/aromatic N) is 2. The molecule has 0 atom stereocenters. The maximum atomic E-state index is 10.4. The van der Waals surface area contributed by atoms with Crippen molar-refractivity contribution in [3.8, 4) is 11.1 Å². The number of carboxylic acids is 1. The Morgan fingerprint density at radius 1 is 0.952 bits per heavy atom. The van der Waals surface area contributed by atoms with Crippen molar-refractivity contribution in [2.75, 3.05) is 0 Å². The fraction of sp³-hybridized carbons (Fsp3) is 0.353. The summed E-state index contributed by atoms with van der Waals surface area (Å²) < 4.78 is 4.16. The number of hydrogen-bond donors (Lipinski definition) is 1. The van der Waals surface area contributed by atoms with Gasteiger partial charge < -0.3 is 5.11 Å². The topological polar surface area (TPSA) is 45.1 Å². The lowest BCUT2D eigenvalue weighted by molar-refractivity contribution is -0.697. The van der Waals surface area contributed by atoms with Gasteiger partial charge in [0.2, 0.25) is 0 Å². The molecule has 0 radical (unpaired) electrons. The van der Waals surface area contributed by atoms with Crippen LogP contribution in [0.2, 0.25) is 0 Å². The SMILES string of the molecule is C[n+]1ccc(-c2cc[n+](CCCCCC(=O)O)cc2)cc1. The molecule has 0 saturated heterocycles. The molecule has 21 heavy (non-hydrogen) atoms. The van der Waals surface area contributed by atoms with Crippen molar-refractivity contribution >= 4 is 5.97 Å². The molecule has 0 spiro atoms. The van der Waals surface area contributed by atoms with Crippen molar-refractivity contribution in [2.45, 2.75) is 32.2 Å². The van der Waals surface area contributed by atoms with E-state index in [2.05, 4.69) is 41.2 Å². The summed E-state index contributed by atoms with van der Waals surface area (Å²) in [6, 6.07) is 8.44. The van der Waals surface area contributed by atoms with Gasteiger partial charge in [0.25, 0.3) is 0 Å². The second-order valence-electron chi connectivity index (χ2n) is 5.28. The van der Waals surface area contributed by atoms with Crippen LogP contribution in [0, 0.1) is 0 Å². The molecule has 0 aliphatic rings. The molecule has 0 bridgehead atoms. The zero-order valence-electron chi connectivity index (χ0n) is 12.4. The molecule has 0 unspecified atom stereocenters. The first kappa shape index (κ1) is 15.2. The molecule has 0 fully saturated rings. The number of aryl methyl sites for hydroxylation is 2. The van der Waals surface area contributed by atoms with Crippen molar-refractivity contribution in [2.24, 2.45) is 7.05 Å². The van der Waals surface area contributed by atoms with Gasteiger partial charge in [-0.25, -0.2) is 9.13 Å². The van der Waals surface area contributed by atoms with E-state index in [4.69, 9.17) is 5.11 Å². The highest BCUT2D eigenvalue weighted by Gasteiger charge is 2.04. The molecular formula is C17H22N2O2+2. The average Bonchev–Trinajstić information content (AvgIpc) is 2.48. The van der Waals surface area contributed by atoms with Gasteiger partial charge in [0.05, 0.1) is 0 Å². The molecule has 0 aromatic carbocycles. The monoisotopic (exact) mass is 286 g/mol.